The van der Waals surface area contributed by atoms with E-state index in [0.717, 1.165) is 31.1 Å². The fourth-order valence-corrected chi connectivity index (χ4v) is 5.18. The van der Waals surface area contributed by atoms with Crippen molar-refractivity contribution in [3.8, 4) is 5.75 Å². The standard InChI is InChI=1S/C25H34N4O3/c1-16(2)32-20-9-5-17(6-10-20)11-13-28-25(26-3)27-12-4-14-29-23(30)21-18-7-8-19(15-18)22(21)24(29)31/h5-10,16,18-19,21-22H,4,11-15H2,1-3H3,(H2,26,27,28). The van der Waals surface area contributed by atoms with E-state index < -0.39 is 0 Å². The molecule has 1 aromatic carbocycles. The molecule has 1 aromatic rings. The number of nitrogens with zero attached hydrogens (tertiary/aromatic N) is 2. The first-order chi connectivity index (χ1) is 15.5. The molecule has 2 N–H and O–H groups in total. The first-order valence-corrected chi connectivity index (χ1v) is 11.7. The molecule has 0 spiro atoms. The molecule has 4 atom stereocenters. The Kier molecular flexibility index (Phi) is 6.82. The maximum absolute atomic E-state index is 12.7. The van der Waals surface area contributed by atoms with Gasteiger partial charge in [0.15, 0.2) is 5.96 Å². The third kappa shape index (κ3) is 4.66. The van der Waals surface area contributed by atoms with Gasteiger partial charge in [0.05, 0.1) is 17.9 Å². The van der Waals surface area contributed by atoms with Crippen LogP contribution in [0.4, 0.5) is 0 Å². The molecule has 172 valence electrons. The van der Waals surface area contributed by atoms with Gasteiger partial charge < -0.3 is 15.4 Å². The number of carbonyl (C=O) groups is 2. The number of benzene rings is 1. The fourth-order valence-electron chi connectivity index (χ4n) is 5.18. The highest BCUT2D eigenvalue weighted by atomic mass is 16.5. The van der Waals surface area contributed by atoms with Crippen molar-refractivity contribution in [1.82, 2.24) is 15.5 Å². The van der Waals surface area contributed by atoms with E-state index in [1.54, 1.807) is 7.05 Å². The summed E-state index contributed by atoms with van der Waals surface area (Å²) in [5, 5.41) is 6.59. The van der Waals surface area contributed by atoms with Gasteiger partial charge in [-0.3, -0.25) is 19.5 Å². The van der Waals surface area contributed by atoms with E-state index in [-0.39, 0.29) is 41.6 Å². The lowest BCUT2D eigenvalue weighted by atomic mass is 9.85. The number of fused-ring (bicyclic) bond motifs is 5. The Morgan fingerprint density at radius 1 is 1.06 bits per heavy atom. The summed E-state index contributed by atoms with van der Waals surface area (Å²) < 4.78 is 5.68. The van der Waals surface area contributed by atoms with E-state index in [0.29, 0.717) is 19.5 Å². The molecule has 0 aromatic heterocycles. The summed E-state index contributed by atoms with van der Waals surface area (Å²) in [6.45, 7) is 5.91. The number of imide groups is 1. The van der Waals surface area contributed by atoms with Gasteiger partial charge in [0.25, 0.3) is 0 Å². The molecule has 32 heavy (non-hydrogen) atoms. The van der Waals surface area contributed by atoms with Crippen LogP contribution in [0.1, 0.15) is 32.3 Å². The van der Waals surface area contributed by atoms with Crippen molar-refractivity contribution in [1.29, 1.82) is 0 Å². The van der Waals surface area contributed by atoms with Gasteiger partial charge >= 0.3 is 0 Å². The summed E-state index contributed by atoms with van der Waals surface area (Å²) in [6, 6.07) is 8.16. The normalized spacial score (nSPS) is 26.2. The Hall–Kier alpha value is -2.83. The van der Waals surface area contributed by atoms with Crippen LogP contribution >= 0.6 is 0 Å². The molecule has 1 saturated heterocycles. The minimum absolute atomic E-state index is 0.0316. The van der Waals surface area contributed by atoms with Crippen LogP contribution in [0.3, 0.4) is 0 Å². The highest BCUT2D eigenvalue weighted by Gasteiger charge is 2.58. The van der Waals surface area contributed by atoms with Crippen molar-refractivity contribution in [2.24, 2.45) is 28.7 Å². The number of carbonyl (C=O) groups excluding carboxylic acids is 2. The van der Waals surface area contributed by atoms with E-state index in [1.807, 2.05) is 26.0 Å². The van der Waals surface area contributed by atoms with Crippen LogP contribution in [-0.2, 0) is 16.0 Å². The summed E-state index contributed by atoms with van der Waals surface area (Å²) in [4.78, 5) is 31.2. The zero-order chi connectivity index (χ0) is 22.7. The van der Waals surface area contributed by atoms with Crippen LogP contribution in [0.15, 0.2) is 41.4 Å². The van der Waals surface area contributed by atoms with Gasteiger partial charge in [0, 0.05) is 26.7 Å². The van der Waals surface area contributed by atoms with Crippen LogP contribution in [0, 0.1) is 23.7 Å². The van der Waals surface area contributed by atoms with Crippen molar-refractivity contribution >= 4 is 17.8 Å². The highest BCUT2D eigenvalue weighted by Crippen LogP contribution is 2.52. The van der Waals surface area contributed by atoms with Crippen LogP contribution in [0.25, 0.3) is 0 Å². The van der Waals surface area contributed by atoms with Crippen molar-refractivity contribution < 1.29 is 14.3 Å². The van der Waals surface area contributed by atoms with Gasteiger partial charge in [-0.25, -0.2) is 0 Å². The maximum Gasteiger partial charge on any atom is 0.233 e. The molecule has 0 radical (unpaired) electrons. The second kappa shape index (κ2) is 9.76. The quantitative estimate of drug-likeness (QED) is 0.203. The largest absolute Gasteiger partial charge is 0.491 e. The zero-order valence-electron chi connectivity index (χ0n) is 19.2. The molecular formula is C25H34N4O3. The van der Waals surface area contributed by atoms with E-state index in [1.165, 1.54) is 10.5 Å². The first-order valence-electron chi connectivity index (χ1n) is 11.7. The Balaban J connectivity index is 1.15. The Morgan fingerprint density at radius 2 is 1.69 bits per heavy atom. The predicted octanol–water partition coefficient (Wildman–Crippen LogP) is 2.38. The lowest BCUT2D eigenvalue weighted by molar-refractivity contribution is -0.140. The number of guanidine groups is 1. The number of ether oxygens (including phenoxy) is 1. The number of hydrogen-bond acceptors (Lipinski definition) is 4. The van der Waals surface area contributed by atoms with Crippen LogP contribution in [-0.4, -0.2) is 55.5 Å². The molecule has 1 saturated carbocycles. The third-order valence-electron chi connectivity index (χ3n) is 6.64. The van der Waals surface area contributed by atoms with Crippen molar-refractivity contribution in [3.05, 3.63) is 42.0 Å². The number of hydrogen-bond donors (Lipinski definition) is 2. The van der Waals surface area contributed by atoms with Gasteiger partial charge in [-0.1, -0.05) is 24.3 Å². The number of rotatable bonds is 9. The Bertz CT molecular complexity index is 863. The van der Waals surface area contributed by atoms with Crippen LogP contribution < -0.4 is 15.4 Å². The van der Waals surface area contributed by atoms with Crippen molar-refractivity contribution in [2.75, 3.05) is 26.7 Å². The SMILES string of the molecule is CN=C(NCCCN1C(=O)C2C3C=CC(C3)C2C1=O)NCCc1ccc(OC(C)C)cc1. The average Bonchev–Trinajstić information content (AvgIpc) is 3.45. The minimum Gasteiger partial charge on any atom is -0.491 e. The molecule has 2 aliphatic carbocycles. The molecule has 7 nitrogen and oxygen atoms in total. The molecule has 3 aliphatic rings. The van der Waals surface area contributed by atoms with Gasteiger partial charge in [-0.2, -0.15) is 0 Å². The second-order valence-corrected chi connectivity index (χ2v) is 9.17. The second-order valence-electron chi connectivity index (χ2n) is 9.17. The molecule has 4 rings (SSSR count). The molecule has 1 heterocycles. The summed E-state index contributed by atoms with van der Waals surface area (Å²) >= 11 is 0. The number of aliphatic imine (C=N–C) groups is 1. The lowest BCUT2D eigenvalue weighted by Crippen LogP contribution is -2.40. The molecule has 2 amide bonds. The highest BCUT2D eigenvalue weighted by molar-refractivity contribution is 6.06. The lowest BCUT2D eigenvalue weighted by Gasteiger charge is -2.18. The van der Waals surface area contributed by atoms with Gasteiger partial charge in [0.2, 0.25) is 11.8 Å². The van der Waals surface area contributed by atoms with E-state index in [2.05, 4.69) is 39.9 Å². The predicted molar refractivity (Wildman–Crippen MR) is 124 cm³/mol. The molecule has 1 aliphatic heterocycles. The monoisotopic (exact) mass is 438 g/mol. The van der Waals surface area contributed by atoms with Crippen molar-refractivity contribution in [2.45, 2.75) is 39.2 Å². The van der Waals surface area contributed by atoms with Crippen LogP contribution in [0.5, 0.6) is 5.75 Å². The van der Waals surface area contributed by atoms with E-state index >= 15 is 0 Å². The fraction of sp³-hybridized carbons (Fsp3) is 0.560. The molecule has 7 heteroatoms. The minimum atomic E-state index is -0.106. The van der Waals surface area contributed by atoms with E-state index in [9.17, 15) is 9.59 Å². The number of likely N-dealkylation sites (tertiary alicyclic amines) is 1. The van der Waals surface area contributed by atoms with Gasteiger partial charge in [-0.05, 0) is 62.6 Å². The first kappa shape index (κ1) is 22.4. The van der Waals surface area contributed by atoms with E-state index in [4.69, 9.17) is 4.74 Å². The summed E-state index contributed by atoms with van der Waals surface area (Å²) in [7, 11) is 1.74. The summed E-state index contributed by atoms with van der Waals surface area (Å²) in [5.74, 6) is 2.00. The van der Waals surface area contributed by atoms with Crippen LogP contribution in [0.2, 0.25) is 0 Å². The van der Waals surface area contributed by atoms with Gasteiger partial charge in [-0.15, -0.1) is 0 Å². The topological polar surface area (TPSA) is 83.0 Å². The zero-order valence-corrected chi connectivity index (χ0v) is 19.2. The van der Waals surface area contributed by atoms with Crippen molar-refractivity contribution in [3.63, 3.8) is 0 Å². The third-order valence-corrected chi connectivity index (χ3v) is 6.64. The number of allylic oxidation sites excluding steroid dienone is 2. The summed E-state index contributed by atoms with van der Waals surface area (Å²) in [6.07, 6.45) is 6.98. The molecule has 2 bridgehead atoms. The van der Waals surface area contributed by atoms with Gasteiger partial charge in [0.1, 0.15) is 5.75 Å². The molecule has 2 fully saturated rings. The Labute approximate surface area is 190 Å². The summed E-state index contributed by atoms with van der Waals surface area (Å²) in [5.41, 5.74) is 1.23. The Morgan fingerprint density at radius 3 is 2.28 bits per heavy atom. The molecular weight excluding hydrogens is 404 g/mol. The average molecular weight is 439 g/mol. The number of amides is 2. The maximum atomic E-state index is 12.7. The number of nitrogens with one attached hydrogen (secondary N) is 2. The smallest absolute Gasteiger partial charge is 0.233 e. The molecule has 4 unspecified atom stereocenters.